The number of urea groups is 1. The molecule has 1 aromatic rings. The van der Waals surface area contributed by atoms with Crippen molar-refractivity contribution in [2.45, 2.75) is 64.6 Å². The van der Waals surface area contributed by atoms with Gasteiger partial charge in [0.25, 0.3) is 0 Å². The quantitative estimate of drug-likeness (QED) is 0.821. The molecule has 136 valence electrons. The molecule has 1 spiro atoms. The number of likely N-dealkylation sites (tertiary alicyclic amines) is 1. The van der Waals surface area contributed by atoms with Crippen molar-refractivity contribution in [1.82, 2.24) is 9.80 Å². The van der Waals surface area contributed by atoms with Gasteiger partial charge in [-0.1, -0.05) is 12.1 Å². The normalized spacial score (nSPS) is 19.1. The van der Waals surface area contributed by atoms with Crippen LogP contribution < -0.4 is 4.74 Å². The van der Waals surface area contributed by atoms with Crippen molar-refractivity contribution in [2.75, 3.05) is 13.1 Å². The topological polar surface area (TPSA) is 49.9 Å². The molecule has 1 fully saturated rings. The van der Waals surface area contributed by atoms with Crippen LogP contribution in [0.25, 0.3) is 0 Å². The van der Waals surface area contributed by atoms with E-state index in [2.05, 4.69) is 0 Å². The van der Waals surface area contributed by atoms with E-state index in [9.17, 15) is 9.59 Å². The van der Waals surface area contributed by atoms with E-state index in [0.29, 0.717) is 43.7 Å². The Morgan fingerprint density at radius 2 is 1.72 bits per heavy atom. The molecule has 0 bridgehead atoms. The molecule has 5 nitrogen and oxygen atoms in total. The van der Waals surface area contributed by atoms with Gasteiger partial charge >= 0.3 is 6.03 Å². The molecule has 0 aromatic heterocycles. The van der Waals surface area contributed by atoms with Crippen molar-refractivity contribution in [2.24, 2.45) is 0 Å². The number of carbonyl (C=O) groups excluding carboxylic acids is 2. The van der Waals surface area contributed by atoms with Gasteiger partial charge in [0.1, 0.15) is 11.4 Å². The highest BCUT2D eigenvalue weighted by atomic mass is 16.5. The standard InChI is InChI=1S/C20H28N2O3/c1-14(2)22(15(3)4)19(24)21-11-9-20(10-12-21)13-17(23)16-7-5-6-8-18(16)25-20/h5-8,14-15H,9-13H2,1-4H3. The van der Waals surface area contributed by atoms with Crippen LogP contribution in [-0.4, -0.2) is 52.4 Å². The first kappa shape index (κ1) is 17.8. The SMILES string of the molecule is CC(C)N(C(=O)N1CCC2(CC1)CC(=O)c1ccccc1O2)C(C)C. The first-order chi connectivity index (χ1) is 11.8. The number of hydrogen-bond donors (Lipinski definition) is 0. The third-order valence-electron chi connectivity index (χ3n) is 5.28. The number of ether oxygens (including phenoxy) is 1. The van der Waals surface area contributed by atoms with Crippen molar-refractivity contribution in [3.8, 4) is 5.75 Å². The molecule has 0 N–H and O–H groups in total. The number of carbonyl (C=O) groups is 2. The first-order valence-electron chi connectivity index (χ1n) is 9.21. The molecule has 2 aliphatic rings. The molecule has 1 aromatic carbocycles. The Morgan fingerprint density at radius 1 is 1.12 bits per heavy atom. The van der Waals surface area contributed by atoms with Crippen LogP contribution in [0.2, 0.25) is 0 Å². The minimum atomic E-state index is -0.456. The molecule has 0 radical (unpaired) electrons. The highest BCUT2D eigenvalue weighted by Crippen LogP contribution is 2.39. The van der Waals surface area contributed by atoms with Gasteiger partial charge in [0.2, 0.25) is 0 Å². The number of nitrogens with zero attached hydrogens (tertiary/aromatic N) is 2. The maximum absolute atomic E-state index is 12.9. The van der Waals surface area contributed by atoms with Crippen molar-refractivity contribution >= 4 is 11.8 Å². The zero-order chi connectivity index (χ0) is 18.2. The summed E-state index contributed by atoms with van der Waals surface area (Å²) in [5.74, 6) is 0.831. The number of fused-ring (bicyclic) bond motifs is 1. The largest absolute Gasteiger partial charge is 0.486 e. The zero-order valence-electron chi connectivity index (χ0n) is 15.6. The van der Waals surface area contributed by atoms with Gasteiger partial charge in [0.15, 0.2) is 5.78 Å². The Balaban J connectivity index is 1.70. The number of amides is 2. The van der Waals surface area contributed by atoms with Gasteiger partial charge in [-0.2, -0.15) is 0 Å². The summed E-state index contributed by atoms with van der Waals surface area (Å²) in [6.45, 7) is 9.44. The molecule has 2 aliphatic heterocycles. The molecular formula is C20H28N2O3. The fourth-order valence-corrected chi connectivity index (χ4v) is 4.03. The lowest BCUT2D eigenvalue weighted by Gasteiger charge is -2.45. The summed E-state index contributed by atoms with van der Waals surface area (Å²) < 4.78 is 6.24. The number of ketones is 1. The van der Waals surface area contributed by atoms with Gasteiger partial charge in [0.05, 0.1) is 12.0 Å². The molecular weight excluding hydrogens is 316 g/mol. The molecule has 0 atom stereocenters. The maximum atomic E-state index is 12.9. The number of Topliss-reactive ketones (excluding diaryl/α,β-unsaturated/α-hetero) is 1. The number of piperidine rings is 1. The Labute approximate surface area is 149 Å². The van der Waals surface area contributed by atoms with Gasteiger partial charge in [-0.3, -0.25) is 4.79 Å². The lowest BCUT2D eigenvalue weighted by Crippen LogP contribution is -2.56. The van der Waals surface area contributed by atoms with E-state index >= 15 is 0 Å². The van der Waals surface area contributed by atoms with Crippen LogP contribution in [0, 0.1) is 0 Å². The van der Waals surface area contributed by atoms with Crippen molar-refractivity contribution < 1.29 is 14.3 Å². The molecule has 2 heterocycles. The van der Waals surface area contributed by atoms with Crippen LogP contribution in [0.1, 0.15) is 57.3 Å². The third kappa shape index (κ3) is 3.37. The van der Waals surface area contributed by atoms with Crippen molar-refractivity contribution in [1.29, 1.82) is 0 Å². The molecule has 0 saturated carbocycles. The van der Waals surface area contributed by atoms with Crippen LogP contribution in [0.3, 0.4) is 0 Å². The van der Waals surface area contributed by atoms with Gasteiger partial charge in [-0.15, -0.1) is 0 Å². The summed E-state index contributed by atoms with van der Waals surface area (Å²) >= 11 is 0. The summed E-state index contributed by atoms with van der Waals surface area (Å²) in [7, 11) is 0. The number of hydrogen-bond acceptors (Lipinski definition) is 3. The van der Waals surface area contributed by atoms with Crippen LogP contribution in [0.5, 0.6) is 5.75 Å². The van der Waals surface area contributed by atoms with Crippen LogP contribution in [-0.2, 0) is 0 Å². The average molecular weight is 344 g/mol. The van der Waals surface area contributed by atoms with Gasteiger partial charge in [0, 0.05) is 38.0 Å². The lowest BCUT2D eigenvalue weighted by atomic mass is 9.82. The Kier molecular flexibility index (Phi) is 4.76. The fourth-order valence-electron chi connectivity index (χ4n) is 4.03. The lowest BCUT2D eigenvalue weighted by molar-refractivity contribution is -0.00545. The van der Waals surface area contributed by atoms with E-state index in [1.165, 1.54) is 0 Å². The van der Waals surface area contributed by atoms with Gasteiger partial charge in [-0.25, -0.2) is 4.79 Å². The van der Waals surface area contributed by atoms with Crippen molar-refractivity contribution in [3.63, 3.8) is 0 Å². The van der Waals surface area contributed by atoms with E-state index in [4.69, 9.17) is 4.74 Å². The molecule has 3 rings (SSSR count). The number of benzene rings is 1. The first-order valence-corrected chi connectivity index (χ1v) is 9.21. The minimum absolute atomic E-state index is 0.0855. The molecule has 1 saturated heterocycles. The van der Waals surface area contributed by atoms with E-state index in [1.54, 1.807) is 0 Å². The van der Waals surface area contributed by atoms with E-state index in [0.717, 1.165) is 0 Å². The highest BCUT2D eigenvalue weighted by Gasteiger charge is 2.44. The summed E-state index contributed by atoms with van der Waals surface area (Å²) in [5.41, 5.74) is 0.223. The Hall–Kier alpha value is -2.04. The van der Waals surface area contributed by atoms with Gasteiger partial charge in [-0.05, 0) is 39.8 Å². The maximum Gasteiger partial charge on any atom is 0.320 e. The predicted octanol–water partition coefficient (Wildman–Crippen LogP) is 3.73. The zero-order valence-corrected chi connectivity index (χ0v) is 15.6. The molecule has 0 aliphatic carbocycles. The Morgan fingerprint density at radius 3 is 2.32 bits per heavy atom. The minimum Gasteiger partial charge on any atom is -0.486 e. The molecule has 25 heavy (non-hydrogen) atoms. The average Bonchev–Trinajstić information content (AvgIpc) is 2.54. The Bertz CT molecular complexity index is 653. The van der Waals surface area contributed by atoms with Gasteiger partial charge < -0.3 is 14.5 Å². The summed E-state index contributed by atoms with van der Waals surface area (Å²) in [4.78, 5) is 29.2. The monoisotopic (exact) mass is 344 g/mol. The van der Waals surface area contributed by atoms with Crippen LogP contribution in [0.15, 0.2) is 24.3 Å². The van der Waals surface area contributed by atoms with E-state index < -0.39 is 5.60 Å². The smallest absolute Gasteiger partial charge is 0.320 e. The third-order valence-corrected chi connectivity index (χ3v) is 5.28. The van der Waals surface area contributed by atoms with Crippen LogP contribution >= 0.6 is 0 Å². The summed E-state index contributed by atoms with van der Waals surface area (Å²) in [5, 5.41) is 0. The fraction of sp³-hybridized carbons (Fsp3) is 0.600. The number of para-hydroxylation sites is 1. The molecule has 2 amide bonds. The second-order valence-corrected chi connectivity index (χ2v) is 7.75. The summed E-state index contributed by atoms with van der Waals surface area (Å²) in [6.07, 6.45) is 1.80. The summed E-state index contributed by atoms with van der Waals surface area (Å²) in [6, 6.07) is 7.88. The van der Waals surface area contributed by atoms with E-state index in [1.807, 2.05) is 61.8 Å². The second-order valence-electron chi connectivity index (χ2n) is 7.75. The van der Waals surface area contributed by atoms with Crippen LogP contribution in [0.4, 0.5) is 4.79 Å². The highest BCUT2D eigenvalue weighted by molar-refractivity contribution is 6.00. The van der Waals surface area contributed by atoms with E-state index in [-0.39, 0.29) is 23.9 Å². The number of rotatable bonds is 2. The molecule has 5 heteroatoms. The molecule has 0 unspecified atom stereocenters. The van der Waals surface area contributed by atoms with Crippen molar-refractivity contribution in [3.05, 3.63) is 29.8 Å². The second kappa shape index (κ2) is 6.70. The predicted molar refractivity (Wildman–Crippen MR) is 97.1 cm³/mol.